The summed E-state index contributed by atoms with van der Waals surface area (Å²) >= 11 is 0. The summed E-state index contributed by atoms with van der Waals surface area (Å²) in [6.07, 6.45) is 2.21. The first kappa shape index (κ1) is 20.8. The Labute approximate surface area is 172 Å². The molecule has 0 aliphatic rings. The van der Waals surface area contributed by atoms with Crippen molar-refractivity contribution in [1.82, 2.24) is 9.97 Å². The number of benzene rings is 1. The van der Waals surface area contributed by atoms with Crippen LogP contribution in [0.25, 0.3) is 0 Å². The molecule has 154 valence electrons. The molecule has 3 aromatic rings. The van der Waals surface area contributed by atoms with E-state index >= 15 is 0 Å². The summed E-state index contributed by atoms with van der Waals surface area (Å²) in [5.74, 6) is 4.47. The predicted octanol–water partition coefficient (Wildman–Crippen LogP) is 3.29. The summed E-state index contributed by atoms with van der Waals surface area (Å²) in [5.41, 5.74) is 10.1. The van der Waals surface area contributed by atoms with Gasteiger partial charge in [-0.2, -0.15) is 5.10 Å². The maximum atomic E-state index is 13.4. The second kappa shape index (κ2) is 9.08. The Hall–Kier alpha value is -3.88. The third-order valence-electron chi connectivity index (χ3n) is 4.48. The van der Waals surface area contributed by atoms with E-state index in [-0.39, 0.29) is 0 Å². The van der Waals surface area contributed by atoms with Gasteiger partial charge in [-0.1, -0.05) is 6.07 Å². The Morgan fingerprint density at radius 3 is 2.07 bits per heavy atom. The number of hydrogen-bond acceptors (Lipinski definition) is 7. The smallest absolute Gasteiger partial charge is 0.141 e. The minimum absolute atomic E-state index is 0.464. The number of anilines is 2. The van der Waals surface area contributed by atoms with Crippen molar-refractivity contribution in [3.63, 3.8) is 0 Å². The average Bonchev–Trinajstić information content (AvgIpc) is 2.75. The molecule has 0 saturated heterocycles. The second-order valence-electron chi connectivity index (χ2n) is 6.47. The van der Waals surface area contributed by atoms with Crippen LogP contribution in [0.15, 0.2) is 65.0 Å². The average molecular weight is 409 g/mol. The number of aromatic nitrogens is 2. The van der Waals surface area contributed by atoms with E-state index < -0.39 is 17.7 Å². The zero-order chi connectivity index (χ0) is 21.7. The molecule has 0 bridgehead atoms. The van der Waals surface area contributed by atoms with Gasteiger partial charge in [0.1, 0.15) is 17.7 Å². The highest BCUT2D eigenvalue weighted by molar-refractivity contribution is 6.47. The van der Waals surface area contributed by atoms with Gasteiger partial charge in [-0.3, -0.25) is 15.0 Å². The first-order valence-electron chi connectivity index (χ1n) is 9.04. The summed E-state index contributed by atoms with van der Waals surface area (Å²) in [6, 6.07) is 10.4. The number of hydrazone groups is 1. The zero-order valence-corrected chi connectivity index (χ0v) is 16.5. The van der Waals surface area contributed by atoms with Crippen molar-refractivity contribution in [1.29, 1.82) is 0 Å². The van der Waals surface area contributed by atoms with Crippen LogP contribution in [0.1, 0.15) is 29.9 Å². The molecule has 0 radical (unpaired) electrons. The molecular formula is C21H21F2N7. The van der Waals surface area contributed by atoms with Crippen LogP contribution < -0.4 is 16.9 Å². The maximum absolute atomic E-state index is 13.4. The van der Waals surface area contributed by atoms with Gasteiger partial charge in [-0.25, -0.2) is 8.78 Å². The topological polar surface area (TPSA) is 115 Å². The molecule has 0 aliphatic heterocycles. The molecule has 3 rings (SSSR count). The minimum atomic E-state index is -0.602. The summed E-state index contributed by atoms with van der Waals surface area (Å²) < 4.78 is 26.8. The molecule has 30 heavy (non-hydrogen) atoms. The fraction of sp³-hybridized carbons (Fsp3) is 0.143. The standard InChI is InChI=1S/C21H21F2N7/c1-12(30-25)20(26-2)13-3-6-16(24)19(9-13)29-21(17-7-4-14(22)10-27-17)18-8-5-15(23)11-28-18/h3-11,21,29H,24-25H2,1-2H3. The van der Waals surface area contributed by atoms with E-state index in [1.54, 1.807) is 32.2 Å². The van der Waals surface area contributed by atoms with Crippen LogP contribution in [0.4, 0.5) is 20.2 Å². The van der Waals surface area contributed by atoms with Crippen molar-refractivity contribution in [3.05, 3.63) is 83.4 Å². The van der Waals surface area contributed by atoms with E-state index in [2.05, 4.69) is 25.4 Å². The largest absolute Gasteiger partial charge is 0.397 e. The van der Waals surface area contributed by atoms with Crippen LogP contribution in [0, 0.1) is 11.6 Å². The van der Waals surface area contributed by atoms with E-state index in [4.69, 9.17) is 11.6 Å². The van der Waals surface area contributed by atoms with Gasteiger partial charge in [-0.05, 0) is 43.3 Å². The fourth-order valence-electron chi connectivity index (χ4n) is 2.96. The number of nitrogens with two attached hydrogens (primary N) is 2. The number of nitrogen functional groups attached to an aromatic ring is 1. The Balaban J connectivity index is 2.05. The highest BCUT2D eigenvalue weighted by Gasteiger charge is 2.19. The molecule has 0 spiro atoms. The molecule has 2 aromatic heterocycles. The molecular weight excluding hydrogens is 388 g/mol. The molecule has 7 nitrogen and oxygen atoms in total. The lowest BCUT2D eigenvalue weighted by Gasteiger charge is -2.21. The molecule has 1 aromatic carbocycles. The summed E-state index contributed by atoms with van der Waals surface area (Å²) in [5, 5.41) is 6.98. The van der Waals surface area contributed by atoms with Gasteiger partial charge in [0, 0.05) is 12.6 Å². The van der Waals surface area contributed by atoms with E-state index in [1.165, 1.54) is 24.3 Å². The van der Waals surface area contributed by atoms with Crippen molar-refractivity contribution in [2.75, 3.05) is 18.1 Å². The molecule has 0 aliphatic carbocycles. The summed E-state index contributed by atoms with van der Waals surface area (Å²) in [6.45, 7) is 1.75. The van der Waals surface area contributed by atoms with Crippen LogP contribution >= 0.6 is 0 Å². The predicted molar refractivity (Wildman–Crippen MR) is 114 cm³/mol. The zero-order valence-electron chi connectivity index (χ0n) is 16.5. The van der Waals surface area contributed by atoms with Gasteiger partial charge < -0.3 is 16.9 Å². The molecule has 0 saturated carbocycles. The third kappa shape index (κ3) is 4.57. The Morgan fingerprint density at radius 1 is 1.00 bits per heavy atom. The molecule has 0 fully saturated rings. The van der Waals surface area contributed by atoms with E-state index in [1.807, 2.05) is 0 Å². The number of halogens is 2. The van der Waals surface area contributed by atoms with Crippen molar-refractivity contribution >= 4 is 22.8 Å². The van der Waals surface area contributed by atoms with Crippen LogP contribution in [-0.2, 0) is 0 Å². The Morgan fingerprint density at radius 2 is 1.60 bits per heavy atom. The van der Waals surface area contributed by atoms with E-state index in [9.17, 15) is 8.78 Å². The van der Waals surface area contributed by atoms with Gasteiger partial charge in [0.15, 0.2) is 0 Å². The lowest BCUT2D eigenvalue weighted by molar-refractivity contribution is 0.614. The van der Waals surface area contributed by atoms with Crippen LogP contribution in [0.3, 0.4) is 0 Å². The fourth-order valence-corrected chi connectivity index (χ4v) is 2.96. The molecule has 0 amide bonds. The maximum Gasteiger partial charge on any atom is 0.141 e. The number of pyridine rings is 2. The lowest BCUT2D eigenvalue weighted by Crippen LogP contribution is -2.18. The van der Waals surface area contributed by atoms with Crippen molar-refractivity contribution < 1.29 is 8.78 Å². The number of aliphatic imine (C=N–C) groups is 1. The van der Waals surface area contributed by atoms with Crippen LogP contribution in [0.5, 0.6) is 0 Å². The van der Waals surface area contributed by atoms with Crippen molar-refractivity contribution in [2.24, 2.45) is 15.9 Å². The van der Waals surface area contributed by atoms with E-state index in [0.717, 1.165) is 18.0 Å². The SMILES string of the molecule is CN=C(C(C)=NN)c1ccc(N)c(NC(c2ccc(F)cn2)c2ccc(F)cn2)c1. The van der Waals surface area contributed by atoms with Gasteiger partial charge in [0.2, 0.25) is 0 Å². The highest BCUT2D eigenvalue weighted by atomic mass is 19.1. The third-order valence-corrected chi connectivity index (χ3v) is 4.48. The first-order chi connectivity index (χ1) is 14.4. The van der Waals surface area contributed by atoms with Crippen LogP contribution in [0.2, 0.25) is 0 Å². The minimum Gasteiger partial charge on any atom is -0.397 e. The number of nitrogens with one attached hydrogen (secondary N) is 1. The first-order valence-corrected chi connectivity index (χ1v) is 9.04. The number of hydrogen-bond donors (Lipinski definition) is 3. The number of rotatable bonds is 6. The van der Waals surface area contributed by atoms with Crippen molar-refractivity contribution in [2.45, 2.75) is 13.0 Å². The molecule has 0 unspecified atom stereocenters. The molecule has 9 heteroatoms. The highest BCUT2D eigenvalue weighted by Crippen LogP contribution is 2.29. The Kier molecular flexibility index (Phi) is 6.31. The summed E-state index contributed by atoms with van der Waals surface area (Å²) in [4.78, 5) is 12.5. The summed E-state index contributed by atoms with van der Waals surface area (Å²) in [7, 11) is 1.64. The van der Waals surface area contributed by atoms with Gasteiger partial charge in [0.25, 0.3) is 0 Å². The number of nitrogens with zero attached hydrogens (tertiary/aromatic N) is 4. The van der Waals surface area contributed by atoms with Gasteiger partial charge >= 0.3 is 0 Å². The van der Waals surface area contributed by atoms with E-state index in [0.29, 0.717) is 34.2 Å². The quantitative estimate of drug-likeness (QED) is 0.250. The normalized spacial score (nSPS) is 12.3. The van der Waals surface area contributed by atoms with Crippen LogP contribution in [-0.4, -0.2) is 28.4 Å². The monoisotopic (exact) mass is 409 g/mol. The molecule has 5 N–H and O–H groups in total. The Bertz CT molecular complexity index is 1030. The lowest BCUT2D eigenvalue weighted by atomic mass is 10.0. The van der Waals surface area contributed by atoms with Crippen molar-refractivity contribution in [3.8, 4) is 0 Å². The molecule has 2 heterocycles. The second-order valence-corrected chi connectivity index (χ2v) is 6.47. The van der Waals surface area contributed by atoms with Gasteiger partial charge in [-0.15, -0.1) is 0 Å². The molecule has 0 atom stereocenters. The van der Waals surface area contributed by atoms with Gasteiger partial charge in [0.05, 0.1) is 46.6 Å².